The van der Waals surface area contributed by atoms with Gasteiger partial charge in [-0.2, -0.15) is 0 Å². The molecule has 0 radical (unpaired) electrons. The van der Waals surface area contributed by atoms with Crippen molar-refractivity contribution >= 4 is 10.0 Å². The van der Waals surface area contributed by atoms with Crippen molar-refractivity contribution in [2.24, 2.45) is 0 Å². The maximum Gasteiger partial charge on any atom is 0.216 e. The van der Waals surface area contributed by atoms with Crippen LogP contribution in [0.5, 0.6) is 0 Å². The first-order chi connectivity index (χ1) is 8.12. The topological polar surface area (TPSA) is 66.4 Å². The van der Waals surface area contributed by atoms with Gasteiger partial charge in [-0.25, -0.2) is 13.1 Å². The minimum absolute atomic E-state index is 0.242. The van der Waals surface area contributed by atoms with Gasteiger partial charge in [0.1, 0.15) is 0 Å². The molecule has 0 fully saturated rings. The molecule has 0 heterocycles. The maximum absolute atomic E-state index is 11.8. The van der Waals surface area contributed by atoms with Gasteiger partial charge in [-0.1, -0.05) is 19.9 Å². The van der Waals surface area contributed by atoms with Gasteiger partial charge in [-0.3, -0.25) is 0 Å². The summed E-state index contributed by atoms with van der Waals surface area (Å²) in [6.07, 6.45) is 2.60. The molecule has 0 aliphatic rings. The van der Waals surface area contributed by atoms with Gasteiger partial charge < -0.3 is 5.11 Å². The van der Waals surface area contributed by atoms with E-state index in [9.17, 15) is 13.5 Å². The predicted octanol–water partition coefficient (Wildman–Crippen LogP) is 2.20. The molecule has 0 aromatic carbocycles. The molecule has 0 spiro atoms. The summed E-state index contributed by atoms with van der Waals surface area (Å²) in [5.41, 5.74) is 0.784. The van der Waals surface area contributed by atoms with Gasteiger partial charge in [0.25, 0.3) is 0 Å². The van der Waals surface area contributed by atoms with Crippen molar-refractivity contribution in [2.75, 3.05) is 6.54 Å². The van der Waals surface area contributed by atoms with Gasteiger partial charge in [0, 0.05) is 6.54 Å². The van der Waals surface area contributed by atoms with Gasteiger partial charge in [0.2, 0.25) is 10.0 Å². The number of unbranched alkanes of at least 4 members (excludes halogenated alkanes) is 1. The fourth-order valence-corrected chi connectivity index (χ4v) is 2.14. The van der Waals surface area contributed by atoms with E-state index in [4.69, 9.17) is 0 Å². The van der Waals surface area contributed by atoms with Crippen molar-refractivity contribution in [3.8, 4) is 0 Å². The molecule has 0 rings (SSSR count). The number of nitrogens with one attached hydrogen (secondary N) is 1. The monoisotopic (exact) mass is 277 g/mol. The van der Waals surface area contributed by atoms with Gasteiger partial charge in [0.15, 0.2) is 0 Å². The van der Waals surface area contributed by atoms with E-state index in [1.807, 2.05) is 0 Å². The van der Waals surface area contributed by atoms with Crippen LogP contribution in [0.1, 0.15) is 53.4 Å². The van der Waals surface area contributed by atoms with Crippen LogP contribution in [-0.2, 0) is 10.0 Å². The number of aliphatic hydroxyl groups excluding tert-OH is 1. The lowest BCUT2D eigenvalue weighted by Crippen LogP contribution is -2.40. The fraction of sp³-hybridized carbons (Fsp3) is 0.846. The zero-order chi connectivity index (χ0) is 14.4. The number of aliphatic hydroxyl groups is 1. The molecule has 0 aromatic rings. The number of sulfonamides is 1. The fourth-order valence-electron chi connectivity index (χ4n) is 1.32. The van der Waals surface area contributed by atoms with Gasteiger partial charge in [-0.05, 0) is 45.6 Å². The smallest absolute Gasteiger partial charge is 0.216 e. The van der Waals surface area contributed by atoms with E-state index in [2.05, 4.69) is 18.2 Å². The minimum atomic E-state index is -3.33. The normalized spacial score (nSPS) is 14.5. The molecule has 108 valence electrons. The van der Waals surface area contributed by atoms with Gasteiger partial charge in [0.05, 0.1) is 10.9 Å². The Hall–Kier alpha value is -0.390. The van der Waals surface area contributed by atoms with Gasteiger partial charge >= 0.3 is 0 Å². The highest BCUT2D eigenvalue weighted by molar-refractivity contribution is 7.90. The lowest BCUT2D eigenvalue weighted by atomic mass is 10.0. The predicted molar refractivity (Wildman–Crippen MR) is 76.0 cm³/mol. The Morgan fingerprint density at radius 3 is 2.39 bits per heavy atom. The third-order valence-electron chi connectivity index (χ3n) is 2.84. The van der Waals surface area contributed by atoms with Crippen molar-refractivity contribution in [1.29, 1.82) is 0 Å². The van der Waals surface area contributed by atoms with Gasteiger partial charge in [-0.15, -0.1) is 0 Å². The summed E-state index contributed by atoms with van der Waals surface area (Å²) >= 11 is 0. The number of hydrogen-bond donors (Lipinski definition) is 2. The van der Waals surface area contributed by atoms with Crippen molar-refractivity contribution in [1.82, 2.24) is 4.72 Å². The lowest BCUT2D eigenvalue weighted by Gasteiger charge is -2.20. The summed E-state index contributed by atoms with van der Waals surface area (Å²) in [4.78, 5) is 0. The molecule has 2 N–H and O–H groups in total. The standard InChI is InChI=1S/C13H27NO3S/c1-6-7-8-11(2)12(15)9-10-14-18(16,17)13(3,4)5/h12,14-15H,2,6-10H2,1,3-5H3. The summed E-state index contributed by atoms with van der Waals surface area (Å²) in [7, 11) is -3.33. The molecule has 1 unspecified atom stereocenters. The largest absolute Gasteiger partial charge is 0.389 e. The van der Waals surface area contributed by atoms with E-state index in [0.29, 0.717) is 6.42 Å². The van der Waals surface area contributed by atoms with E-state index in [1.54, 1.807) is 20.8 Å². The van der Waals surface area contributed by atoms with E-state index < -0.39 is 20.9 Å². The van der Waals surface area contributed by atoms with E-state index in [-0.39, 0.29) is 6.54 Å². The molecule has 0 saturated heterocycles. The average Bonchev–Trinajstić information content (AvgIpc) is 2.23. The average molecular weight is 277 g/mol. The van der Waals surface area contributed by atoms with Crippen molar-refractivity contribution in [3.63, 3.8) is 0 Å². The first-order valence-electron chi connectivity index (χ1n) is 6.46. The molecule has 0 saturated carbocycles. The zero-order valence-electron chi connectivity index (χ0n) is 12.0. The highest BCUT2D eigenvalue weighted by Gasteiger charge is 2.28. The van der Waals surface area contributed by atoms with Crippen LogP contribution in [0.3, 0.4) is 0 Å². The SMILES string of the molecule is C=C(CCCC)C(O)CCNS(=O)(=O)C(C)(C)C. The van der Waals surface area contributed by atoms with Crippen LogP contribution < -0.4 is 4.72 Å². The van der Waals surface area contributed by atoms with Crippen LogP contribution in [0.4, 0.5) is 0 Å². The zero-order valence-corrected chi connectivity index (χ0v) is 12.8. The summed E-state index contributed by atoms with van der Waals surface area (Å²) < 4.78 is 25.2. The summed E-state index contributed by atoms with van der Waals surface area (Å²) in [5, 5.41) is 9.81. The van der Waals surface area contributed by atoms with Crippen LogP contribution in [0.15, 0.2) is 12.2 Å². The second-order valence-electron chi connectivity index (χ2n) is 5.58. The first-order valence-corrected chi connectivity index (χ1v) is 7.95. The van der Waals surface area contributed by atoms with Crippen LogP contribution in [0.25, 0.3) is 0 Å². The molecule has 18 heavy (non-hydrogen) atoms. The minimum Gasteiger partial charge on any atom is -0.389 e. The molecular weight excluding hydrogens is 250 g/mol. The third-order valence-corrected chi connectivity index (χ3v) is 5.04. The second-order valence-corrected chi connectivity index (χ2v) is 8.10. The maximum atomic E-state index is 11.8. The molecule has 5 heteroatoms. The molecule has 0 aliphatic carbocycles. The molecule has 0 amide bonds. The highest BCUT2D eigenvalue weighted by atomic mass is 32.2. The van der Waals surface area contributed by atoms with Crippen LogP contribution in [0.2, 0.25) is 0 Å². The molecule has 1 atom stereocenters. The van der Waals surface area contributed by atoms with Crippen molar-refractivity contribution in [3.05, 3.63) is 12.2 Å². The Labute approximate surface area is 112 Å². The van der Waals surface area contributed by atoms with Crippen molar-refractivity contribution in [2.45, 2.75) is 64.2 Å². The van der Waals surface area contributed by atoms with E-state index in [1.165, 1.54) is 0 Å². The third kappa shape index (κ3) is 5.98. The Kier molecular flexibility index (Phi) is 7.10. The highest BCUT2D eigenvalue weighted by Crippen LogP contribution is 2.15. The Balaban J connectivity index is 4.09. The molecule has 4 nitrogen and oxygen atoms in total. The molecular formula is C13H27NO3S. The van der Waals surface area contributed by atoms with E-state index in [0.717, 1.165) is 24.8 Å². The number of hydrogen-bond acceptors (Lipinski definition) is 3. The Morgan fingerprint density at radius 1 is 1.39 bits per heavy atom. The van der Waals surface area contributed by atoms with Crippen molar-refractivity contribution < 1.29 is 13.5 Å². The van der Waals surface area contributed by atoms with Crippen LogP contribution in [-0.4, -0.2) is 30.9 Å². The summed E-state index contributed by atoms with van der Waals surface area (Å²) in [6.45, 7) is 11.1. The van der Waals surface area contributed by atoms with E-state index >= 15 is 0 Å². The number of rotatable bonds is 8. The molecule has 0 aliphatic heterocycles. The lowest BCUT2D eigenvalue weighted by molar-refractivity contribution is 0.197. The van der Waals surface area contributed by atoms with Crippen LogP contribution in [0, 0.1) is 0 Å². The summed E-state index contributed by atoms with van der Waals surface area (Å²) in [5.74, 6) is 0. The first kappa shape index (κ1) is 17.6. The Morgan fingerprint density at radius 2 is 1.94 bits per heavy atom. The molecule has 0 aromatic heterocycles. The quantitative estimate of drug-likeness (QED) is 0.668. The second kappa shape index (κ2) is 7.26. The molecule has 0 bridgehead atoms. The summed E-state index contributed by atoms with van der Waals surface area (Å²) in [6, 6.07) is 0. The Bertz CT molecular complexity index is 355. The van der Waals surface area contributed by atoms with Crippen LogP contribution >= 0.6 is 0 Å².